The molecule has 0 atom stereocenters. The van der Waals surface area contributed by atoms with Crippen LogP contribution in [0.4, 0.5) is 11.4 Å². The molecule has 0 radical (unpaired) electrons. The molecule has 0 fully saturated rings. The monoisotopic (exact) mass is 380 g/mol. The molecule has 3 aromatic rings. The molecule has 0 unspecified atom stereocenters. The van der Waals surface area contributed by atoms with Crippen molar-refractivity contribution in [1.82, 2.24) is 0 Å². The van der Waals surface area contributed by atoms with Gasteiger partial charge in [-0.2, -0.15) is 0 Å². The third kappa shape index (κ3) is 4.54. The fourth-order valence-corrected chi connectivity index (χ4v) is 4.10. The van der Waals surface area contributed by atoms with Gasteiger partial charge in [-0.25, -0.2) is 8.42 Å². The van der Waals surface area contributed by atoms with E-state index in [0.29, 0.717) is 11.4 Å². The topological polar surface area (TPSA) is 66.5 Å². The predicted molar refractivity (Wildman–Crippen MR) is 107 cm³/mol. The molecule has 3 aromatic carbocycles. The molecule has 0 aliphatic rings. The number of carbonyl (C=O) groups excluding carboxylic acids is 1. The zero-order valence-corrected chi connectivity index (χ0v) is 15.7. The molecule has 0 spiro atoms. The standard InChI is InChI=1S/C21H20N2O3S/c1-17-9-8-12-19(15-17)23(27(25,26)20-13-6-3-7-14-20)16-21(24)22-18-10-4-2-5-11-18/h2-15H,16H2,1H3,(H,22,24). The zero-order valence-electron chi connectivity index (χ0n) is 14.9. The zero-order chi connectivity index (χ0) is 19.3. The first-order chi connectivity index (χ1) is 13.0. The highest BCUT2D eigenvalue weighted by Gasteiger charge is 2.27. The summed E-state index contributed by atoms with van der Waals surface area (Å²) in [5.74, 6) is -0.415. The summed E-state index contributed by atoms with van der Waals surface area (Å²) in [5.41, 5.74) is 1.97. The normalized spacial score (nSPS) is 11.0. The lowest BCUT2D eigenvalue weighted by Crippen LogP contribution is -2.38. The number of aryl methyl sites for hydroxylation is 1. The summed E-state index contributed by atoms with van der Waals surface area (Å²) in [6, 6.07) is 24.1. The Morgan fingerprint density at radius 2 is 1.52 bits per heavy atom. The van der Waals surface area contributed by atoms with Gasteiger partial charge >= 0.3 is 0 Å². The van der Waals surface area contributed by atoms with Crippen molar-refractivity contribution < 1.29 is 13.2 Å². The van der Waals surface area contributed by atoms with E-state index in [4.69, 9.17) is 0 Å². The summed E-state index contributed by atoms with van der Waals surface area (Å²) in [6.45, 7) is 1.55. The van der Waals surface area contributed by atoms with E-state index in [1.165, 1.54) is 12.1 Å². The molecule has 0 bridgehead atoms. The second-order valence-electron chi connectivity index (χ2n) is 6.08. The van der Waals surface area contributed by atoms with Crippen molar-refractivity contribution in [2.75, 3.05) is 16.2 Å². The fourth-order valence-electron chi connectivity index (χ4n) is 2.67. The highest BCUT2D eigenvalue weighted by Crippen LogP contribution is 2.24. The van der Waals surface area contributed by atoms with E-state index in [-0.39, 0.29) is 11.4 Å². The van der Waals surface area contributed by atoms with Gasteiger partial charge in [0.25, 0.3) is 10.0 Å². The quantitative estimate of drug-likeness (QED) is 0.707. The van der Waals surface area contributed by atoms with Gasteiger partial charge in [-0.15, -0.1) is 0 Å². The van der Waals surface area contributed by atoms with Crippen LogP contribution in [0.15, 0.2) is 89.8 Å². The van der Waals surface area contributed by atoms with E-state index >= 15 is 0 Å². The molecule has 1 amide bonds. The molecule has 1 N–H and O–H groups in total. The van der Waals surface area contributed by atoms with Crippen molar-refractivity contribution >= 4 is 27.3 Å². The van der Waals surface area contributed by atoms with E-state index < -0.39 is 15.9 Å². The molecule has 0 aliphatic heterocycles. The lowest BCUT2D eigenvalue weighted by Gasteiger charge is -2.24. The van der Waals surface area contributed by atoms with Crippen LogP contribution in [0.3, 0.4) is 0 Å². The number of hydrogen-bond donors (Lipinski definition) is 1. The van der Waals surface area contributed by atoms with E-state index in [9.17, 15) is 13.2 Å². The minimum atomic E-state index is -3.89. The molecule has 5 nitrogen and oxygen atoms in total. The van der Waals surface area contributed by atoms with Gasteiger partial charge in [-0.3, -0.25) is 9.10 Å². The SMILES string of the molecule is Cc1cccc(N(CC(=O)Nc2ccccc2)S(=O)(=O)c2ccccc2)c1. The maximum Gasteiger partial charge on any atom is 0.264 e. The smallest absolute Gasteiger partial charge is 0.264 e. The number of sulfonamides is 1. The second kappa shape index (κ2) is 8.05. The average molecular weight is 380 g/mol. The minimum Gasteiger partial charge on any atom is -0.325 e. The summed E-state index contributed by atoms with van der Waals surface area (Å²) in [4.78, 5) is 12.7. The van der Waals surface area contributed by atoms with Crippen LogP contribution in [0, 0.1) is 6.92 Å². The largest absolute Gasteiger partial charge is 0.325 e. The summed E-state index contributed by atoms with van der Waals surface area (Å²) in [5, 5.41) is 2.74. The van der Waals surface area contributed by atoms with Gasteiger partial charge in [0.1, 0.15) is 6.54 Å². The Morgan fingerprint density at radius 1 is 0.889 bits per heavy atom. The van der Waals surface area contributed by atoms with Crippen molar-refractivity contribution in [2.45, 2.75) is 11.8 Å². The van der Waals surface area contributed by atoms with Gasteiger partial charge in [-0.1, -0.05) is 48.5 Å². The van der Waals surface area contributed by atoms with Crippen LogP contribution in [-0.4, -0.2) is 20.9 Å². The highest BCUT2D eigenvalue weighted by molar-refractivity contribution is 7.92. The molecule has 0 aliphatic carbocycles. The van der Waals surface area contributed by atoms with Gasteiger partial charge in [-0.05, 0) is 48.9 Å². The van der Waals surface area contributed by atoms with Crippen LogP contribution in [-0.2, 0) is 14.8 Å². The summed E-state index contributed by atoms with van der Waals surface area (Å²) in [7, 11) is -3.89. The third-order valence-corrected chi connectivity index (χ3v) is 5.75. The van der Waals surface area contributed by atoms with Crippen LogP contribution in [0.1, 0.15) is 5.56 Å². The van der Waals surface area contributed by atoms with Crippen LogP contribution < -0.4 is 9.62 Å². The Balaban J connectivity index is 1.94. The van der Waals surface area contributed by atoms with Gasteiger partial charge < -0.3 is 5.32 Å². The van der Waals surface area contributed by atoms with Crippen molar-refractivity contribution in [1.29, 1.82) is 0 Å². The van der Waals surface area contributed by atoms with E-state index in [1.807, 2.05) is 19.1 Å². The molecular weight excluding hydrogens is 360 g/mol. The molecule has 0 saturated heterocycles. The van der Waals surface area contributed by atoms with Gasteiger partial charge in [0.15, 0.2) is 0 Å². The first kappa shape index (κ1) is 18.7. The number of hydrogen-bond acceptors (Lipinski definition) is 3. The number of carbonyl (C=O) groups is 1. The highest BCUT2D eigenvalue weighted by atomic mass is 32.2. The lowest BCUT2D eigenvalue weighted by atomic mass is 10.2. The number of amides is 1. The summed E-state index contributed by atoms with van der Waals surface area (Å²) >= 11 is 0. The Hall–Kier alpha value is -3.12. The molecular formula is C21H20N2O3S. The summed E-state index contributed by atoms with van der Waals surface area (Å²) in [6.07, 6.45) is 0. The van der Waals surface area contributed by atoms with Crippen molar-refractivity contribution in [3.05, 3.63) is 90.5 Å². The maximum absolute atomic E-state index is 13.2. The fraction of sp³-hybridized carbons (Fsp3) is 0.0952. The predicted octanol–water partition coefficient (Wildman–Crippen LogP) is 3.83. The van der Waals surface area contributed by atoms with Crippen LogP contribution in [0.25, 0.3) is 0 Å². The second-order valence-corrected chi connectivity index (χ2v) is 7.94. The Labute approximate surface area is 159 Å². The number of rotatable bonds is 6. The maximum atomic E-state index is 13.2. The number of anilines is 2. The molecule has 0 aromatic heterocycles. The third-order valence-electron chi connectivity index (χ3n) is 3.97. The molecule has 0 heterocycles. The number of para-hydroxylation sites is 1. The van der Waals surface area contributed by atoms with Crippen molar-refractivity contribution in [2.24, 2.45) is 0 Å². The molecule has 3 rings (SSSR count). The molecule has 6 heteroatoms. The molecule has 0 saturated carbocycles. The van der Waals surface area contributed by atoms with Gasteiger partial charge in [0.05, 0.1) is 10.6 Å². The van der Waals surface area contributed by atoms with E-state index in [0.717, 1.165) is 9.87 Å². The van der Waals surface area contributed by atoms with Crippen LogP contribution in [0.2, 0.25) is 0 Å². The Kier molecular flexibility index (Phi) is 5.57. The van der Waals surface area contributed by atoms with Gasteiger partial charge in [0, 0.05) is 5.69 Å². The van der Waals surface area contributed by atoms with Crippen LogP contribution >= 0.6 is 0 Å². The van der Waals surface area contributed by atoms with Crippen molar-refractivity contribution in [3.63, 3.8) is 0 Å². The number of nitrogens with zero attached hydrogens (tertiary/aromatic N) is 1. The molecule has 27 heavy (non-hydrogen) atoms. The molecule has 138 valence electrons. The first-order valence-electron chi connectivity index (χ1n) is 8.46. The van der Waals surface area contributed by atoms with Crippen LogP contribution in [0.5, 0.6) is 0 Å². The van der Waals surface area contributed by atoms with E-state index in [2.05, 4.69) is 5.32 Å². The average Bonchev–Trinajstić information content (AvgIpc) is 2.67. The Morgan fingerprint density at radius 3 is 2.15 bits per heavy atom. The summed E-state index contributed by atoms with van der Waals surface area (Å²) < 4.78 is 27.5. The first-order valence-corrected chi connectivity index (χ1v) is 9.90. The van der Waals surface area contributed by atoms with Crippen molar-refractivity contribution in [3.8, 4) is 0 Å². The van der Waals surface area contributed by atoms with Gasteiger partial charge in [0.2, 0.25) is 5.91 Å². The Bertz CT molecular complexity index is 1020. The number of nitrogens with one attached hydrogen (secondary N) is 1. The number of benzene rings is 3. The lowest BCUT2D eigenvalue weighted by molar-refractivity contribution is -0.114. The van der Waals surface area contributed by atoms with E-state index in [1.54, 1.807) is 60.7 Å². The minimum absolute atomic E-state index is 0.138.